The monoisotopic (exact) mass is 177 g/mol. The van der Waals surface area contributed by atoms with Gasteiger partial charge in [0, 0.05) is 7.11 Å². The summed E-state index contributed by atoms with van der Waals surface area (Å²) in [6.07, 6.45) is 0. The molecule has 0 radical (unpaired) electrons. The maximum Gasteiger partial charge on any atom is 0.269 e. The molecule has 0 spiro atoms. The largest absolute Gasteiger partial charge is 0.382 e. The van der Waals surface area contributed by atoms with Gasteiger partial charge in [-0.05, 0) is 6.92 Å². The molecule has 1 amide bonds. The first kappa shape index (κ1) is 11.4. The van der Waals surface area contributed by atoms with Crippen LogP contribution in [0.4, 0.5) is 0 Å². The minimum atomic E-state index is -0.284. The molecule has 0 aromatic rings. The summed E-state index contributed by atoms with van der Waals surface area (Å²) in [4.78, 5) is 15.4. The summed E-state index contributed by atoms with van der Waals surface area (Å²) in [5.74, 6) is -0.284. The average Bonchev–Trinajstić information content (AvgIpc) is 2.09. The fourth-order valence-corrected chi connectivity index (χ4v) is 0.489. The summed E-state index contributed by atoms with van der Waals surface area (Å²) in [5, 5.41) is 0. The lowest BCUT2D eigenvalue weighted by molar-refractivity contribution is -0.138. The summed E-state index contributed by atoms with van der Waals surface area (Å²) in [6.45, 7) is 3.14. The minimum Gasteiger partial charge on any atom is -0.382 e. The van der Waals surface area contributed by atoms with Crippen molar-refractivity contribution < 1.29 is 19.1 Å². The van der Waals surface area contributed by atoms with E-state index >= 15 is 0 Å². The molecule has 0 aliphatic carbocycles. The quantitative estimate of drug-likeness (QED) is 0.429. The van der Waals surface area contributed by atoms with E-state index in [1.54, 1.807) is 14.0 Å². The fraction of sp³-hybridized carbons (Fsp3) is 0.857. The van der Waals surface area contributed by atoms with Gasteiger partial charge in [-0.15, -0.1) is 0 Å². The Bertz CT molecular complexity index is 118. The zero-order chi connectivity index (χ0) is 9.23. The molecule has 72 valence electrons. The predicted molar refractivity (Wildman–Crippen MR) is 42.5 cm³/mol. The smallest absolute Gasteiger partial charge is 0.269 e. The van der Waals surface area contributed by atoms with E-state index < -0.39 is 0 Å². The van der Waals surface area contributed by atoms with E-state index in [1.807, 2.05) is 0 Å². The third-order valence-corrected chi connectivity index (χ3v) is 0.995. The van der Waals surface area contributed by atoms with Crippen LogP contribution in [-0.2, 0) is 19.1 Å². The number of ether oxygens (including phenoxy) is 2. The maximum atomic E-state index is 10.8. The van der Waals surface area contributed by atoms with Crippen LogP contribution < -0.4 is 5.48 Å². The molecule has 0 unspecified atom stereocenters. The molecular formula is C7H15NO4. The molecule has 12 heavy (non-hydrogen) atoms. The van der Waals surface area contributed by atoms with Crippen LogP contribution in [0, 0.1) is 0 Å². The summed E-state index contributed by atoms with van der Waals surface area (Å²) >= 11 is 0. The molecule has 0 saturated carbocycles. The Balaban J connectivity index is 3.08. The second-order valence-electron chi connectivity index (χ2n) is 2.00. The summed E-state index contributed by atoms with van der Waals surface area (Å²) in [7, 11) is 1.57. The standard InChI is InChI=1S/C7H15NO4/c1-3-12-8-7(9)6-11-5-4-10-2/h3-6H2,1-2H3,(H,8,9). The van der Waals surface area contributed by atoms with E-state index in [0.29, 0.717) is 19.8 Å². The van der Waals surface area contributed by atoms with Crippen molar-refractivity contribution in [1.82, 2.24) is 5.48 Å². The molecule has 0 aromatic heterocycles. The fourth-order valence-electron chi connectivity index (χ4n) is 0.489. The maximum absolute atomic E-state index is 10.8. The Morgan fingerprint density at radius 3 is 2.75 bits per heavy atom. The van der Waals surface area contributed by atoms with E-state index in [1.165, 1.54) is 0 Å². The van der Waals surface area contributed by atoms with Gasteiger partial charge in [-0.2, -0.15) is 0 Å². The molecule has 0 saturated heterocycles. The highest BCUT2D eigenvalue weighted by Crippen LogP contribution is 1.76. The van der Waals surface area contributed by atoms with Crippen molar-refractivity contribution in [2.75, 3.05) is 33.5 Å². The van der Waals surface area contributed by atoms with Crippen molar-refractivity contribution in [3.05, 3.63) is 0 Å². The van der Waals surface area contributed by atoms with Gasteiger partial charge < -0.3 is 9.47 Å². The first-order valence-corrected chi connectivity index (χ1v) is 3.78. The van der Waals surface area contributed by atoms with E-state index in [0.717, 1.165) is 0 Å². The summed E-state index contributed by atoms with van der Waals surface area (Å²) in [5.41, 5.74) is 2.20. The highest BCUT2D eigenvalue weighted by Gasteiger charge is 1.98. The number of hydrogen-bond donors (Lipinski definition) is 1. The van der Waals surface area contributed by atoms with Crippen LogP contribution in [0.3, 0.4) is 0 Å². The normalized spacial score (nSPS) is 9.83. The lowest BCUT2D eigenvalue weighted by atomic mass is 10.7. The van der Waals surface area contributed by atoms with Crippen LogP contribution in [0.5, 0.6) is 0 Å². The van der Waals surface area contributed by atoms with Crippen LogP contribution in [0.15, 0.2) is 0 Å². The summed E-state index contributed by atoms with van der Waals surface area (Å²) in [6, 6.07) is 0. The molecule has 0 aromatic carbocycles. The van der Waals surface area contributed by atoms with Crippen LogP contribution in [0.2, 0.25) is 0 Å². The van der Waals surface area contributed by atoms with Crippen molar-refractivity contribution in [2.45, 2.75) is 6.92 Å². The predicted octanol–water partition coefficient (Wildman–Crippen LogP) is -0.283. The van der Waals surface area contributed by atoms with Gasteiger partial charge in [-0.25, -0.2) is 5.48 Å². The van der Waals surface area contributed by atoms with Gasteiger partial charge in [-0.3, -0.25) is 9.63 Å². The lowest BCUT2D eigenvalue weighted by Gasteiger charge is -2.04. The molecule has 0 heterocycles. The Morgan fingerprint density at radius 1 is 1.42 bits per heavy atom. The zero-order valence-electron chi connectivity index (χ0n) is 7.46. The Morgan fingerprint density at radius 2 is 2.17 bits per heavy atom. The number of nitrogens with one attached hydrogen (secondary N) is 1. The molecule has 0 rings (SSSR count). The second-order valence-corrected chi connectivity index (χ2v) is 2.00. The van der Waals surface area contributed by atoms with Crippen molar-refractivity contribution in [3.8, 4) is 0 Å². The Labute approximate surface area is 71.9 Å². The van der Waals surface area contributed by atoms with Gasteiger partial charge >= 0.3 is 0 Å². The number of rotatable bonds is 7. The Kier molecular flexibility index (Phi) is 7.99. The third-order valence-electron chi connectivity index (χ3n) is 0.995. The van der Waals surface area contributed by atoms with Crippen molar-refractivity contribution in [3.63, 3.8) is 0 Å². The number of carbonyl (C=O) groups is 1. The van der Waals surface area contributed by atoms with Crippen LogP contribution in [0.1, 0.15) is 6.92 Å². The third kappa shape index (κ3) is 7.46. The van der Waals surface area contributed by atoms with Crippen molar-refractivity contribution in [1.29, 1.82) is 0 Å². The number of amides is 1. The minimum absolute atomic E-state index is 0.00333. The van der Waals surface area contributed by atoms with E-state index in [9.17, 15) is 4.79 Å². The van der Waals surface area contributed by atoms with Gasteiger partial charge in [0.25, 0.3) is 5.91 Å². The van der Waals surface area contributed by atoms with Crippen molar-refractivity contribution >= 4 is 5.91 Å². The topological polar surface area (TPSA) is 56.8 Å². The zero-order valence-corrected chi connectivity index (χ0v) is 7.46. The van der Waals surface area contributed by atoms with E-state index in [2.05, 4.69) is 10.3 Å². The average molecular weight is 177 g/mol. The molecule has 0 aliphatic heterocycles. The number of hydroxylamine groups is 1. The first-order chi connectivity index (χ1) is 5.81. The molecule has 5 heteroatoms. The van der Waals surface area contributed by atoms with Gasteiger partial charge in [0.15, 0.2) is 0 Å². The van der Waals surface area contributed by atoms with Gasteiger partial charge in [-0.1, -0.05) is 0 Å². The highest BCUT2D eigenvalue weighted by molar-refractivity contribution is 5.75. The van der Waals surface area contributed by atoms with Crippen molar-refractivity contribution in [2.24, 2.45) is 0 Å². The van der Waals surface area contributed by atoms with Gasteiger partial charge in [0.1, 0.15) is 6.61 Å². The molecule has 0 fully saturated rings. The molecule has 1 N–H and O–H groups in total. The molecule has 0 atom stereocenters. The Hall–Kier alpha value is -0.650. The molecule has 0 aliphatic rings. The van der Waals surface area contributed by atoms with E-state index in [-0.39, 0.29) is 12.5 Å². The van der Waals surface area contributed by atoms with Crippen LogP contribution in [-0.4, -0.2) is 39.4 Å². The van der Waals surface area contributed by atoms with E-state index in [4.69, 9.17) is 9.47 Å². The van der Waals surface area contributed by atoms with Gasteiger partial charge in [0.2, 0.25) is 0 Å². The number of methoxy groups -OCH3 is 1. The SMILES string of the molecule is CCONC(=O)COCCOC. The molecule has 5 nitrogen and oxygen atoms in total. The highest BCUT2D eigenvalue weighted by atomic mass is 16.7. The van der Waals surface area contributed by atoms with Gasteiger partial charge in [0.05, 0.1) is 19.8 Å². The first-order valence-electron chi connectivity index (χ1n) is 3.78. The lowest BCUT2D eigenvalue weighted by Crippen LogP contribution is -2.28. The summed E-state index contributed by atoms with van der Waals surface area (Å²) < 4.78 is 9.63. The van der Waals surface area contributed by atoms with Crippen LogP contribution in [0.25, 0.3) is 0 Å². The van der Waals surface area contributed by atoms with Crippen LogP contribution >= 0.6 is 0 Å². The second kappa shape index (κ2) is 8.45. The number of hydrogen-bond acceptors (Lipinski definition) is 4. The molecular weight excluding hydrogens is 162 g/mol. The molecule has 0 bridgehead atoms. The number of carbonyl (C=O) groups excluding carboxylic acids is 1.